The van der Waals surface area contributed by atoms with Gasteiger partial charge in [0.25, 0.3) is 11.2 Å². The number of aliphatic hydroxyl groups is 1. The van der Waals surface area contributed by atoms with Crippen molar-refractivity contribution in [1.29, 1.82) is 0 Å². The van der Waals surface area contributed by atoms with Crippen molar-refractivity contribution < 1.29 is 73.8 Å². The highest BCUT2D eigenvalue weighted by Crippen LogP contribution is 2.66. The molecule has 15 nitrogen and oxygen atoms in total. The molecule has 1 aromatic heterocycles. The van der Waals surface area contributed by atoms with Crippen LogP contribution in [0.15, 0.2) is 17.1 Å². The Morgan fingerprint density at radius 3 is 2.24 bits per heavy atom. The molecule has 23 heteroatoms. The molecule has 33 heavy (non-hydrogen) atoms. The van der Waals surface area contributed by atoms with Crippen LogP contribution >= 0.6 is 35.7 Å². The number of alkyl halides is 4. The van der Waals surface area contributed by atoms with Crippen molar-refractivity contribution in [2.45, 2.75) is 30.3 Å². The molecule has 0 aromatic carbocycles. The first-order valence-corrected chi connectivity index (χ1v) is 12.8. The van der Waals surface area contributed by atoms with Crippen molar-refractivity contribution in [3.8, 4) is 0 Å². The number of hydrogen-bond donors (Lipinski definition) is 6. The number of nitrogens with zero attached hydrogens (tertiary/aromatic N) is 1. The Kier molecular flexibility index (Phi) is 8.01. The fourth-order valence-electron chi connectivity index (χ4n) is 2.54. The number of halogens is 4. The standard InChI is InChI=1S/C10H13F4N2O13P3S/c11-9(10(12,13)14)6(18)4(27-7(9)16-2-1-5(17)15-8(16)33)3-26-31(22,23)29-32(24,25)28-30(19,20)21/h1-2,4,6-7,18H,3H2,(H,22,23)(H,24,25)(H,15,17,33)(H2,19,20,21)/t4-,6?,7-,9?/m1/s1. The molecule has 0 saturated carbocycles. The molecule has 1 saturated heterocycles. The first-order chi connectivity index (χ1) is 14.7. The molecule has 0 radical (unpaired) electrons. The van der Waals surface area contributed by atoms with E-state index < -0.39 is 70.7 Å². The molecule has 0 bridgehead atoms. The molecule has 0 amide bonds. The lowest BCUT2D eigenvalue weighted by molar-refractivity contribution is -0.273. The van der Waals surface area contributed by atoms with Crippen LogP contribution in [0.3, 0.4) is 0 Å². The Hall–Kier alpha value is -0.850. The largest absolute Gasteiger partial charge is 0.490 e. The number of nitrogens with one attached hydrogen (secondary N) is 1. The minimum Gasteiger partial charge on any atom is -0.386 e. The fraction of sp³-hybridized carbons (Fsp3) is 0.600. The first kappa shape index (κ1) is 28.4. The van der Waals surface area contributed by atoms with Crippen LogP contribution in [-0.4, -0.2) is 64.9 Å². The van der Waals surface area contributed by atoms with Crippen LogP contribution in [-0.2, 0) is 31.6 Å². The second-order valence-electron chi connectivity index (χ2n) is 6.14. The number of rotatable bonds is 8. The van der Waals surface area contributed by atoms with Crippen LogP contribution in [0.4, 0.5) is 17.6 Å². The molecule has 2 rings (SSSR count). The summed E-state index contributed by atoms with van der Waals surface area (Å²) < 4.78 is 104. The van der Waals surface area contributed by atoms with Crippen molar-refractivity contribution in [3.63, 3.8) is 0 Å². The summed E-state index contributed by atoms with van der Waals surface area (Å²) in [5, 5.41) is 9.94. The highest BCUT2D eigenvalue weighted by Gasteiger charge is 2.73. The number of aromatic nitrogens is 2. The van der Waals surface area contributed by atoms with Gasteiger partial charge in [-0.05, 0) is 12.2 Å². The van der Waals surface area contributed by atoms with E-state index in [9.17, 15) is 41.7 Å². The molecule has 1 aromatic rings. The van der Waals surface area contributed by atoms with E-state index in [0.29, 0.717) is 12.3 Å². The number of aromatic amines is 1. The van der Waals surface area contributed by atoms with Gasteiger partial charge in [0.1, 0.15) is 12.2 Å². The number of phosphoric ester groups is 1. The van der Waals surface area contributed by atoms with Crippen LogP contribution in [0.5, 0.6) is 0 Å². The minimum absolute atomic E-state index is 0.290. The molecule has 190 valence electrons. The molecule has 6 N–H and O–H groups in total. The van der Waals surface area contributed by atoms with E-state index in [2.05, 4.69) is 25.4 Å². The van der Waals surface area contributed by atoms with Gasteiger partial charge in [0.05, 0.1) is 6.61 Å². The van der Waals surface area contributed by atoms with Crippen molar-refractivity contribution in [1.82, 2.24) is 9.55 Å². The molecular formula is C10H13F4N2O13P3S. The lowest BCUT2D eigenvalue weighted by Crippen LogP contribution is -2.54. The maximum absolute atomic E-state index is 15.1. The third-order valence-corrected chi connectivity index (χ3v) is 7.92. The van der Waals surface area contributed by atoms with E-state index >= 15 is 4.39 Å². The molecule has 1 aliphatic heterocycles. The number of phosphoric acid groups is 3. The number of H-pyrrole nitrogens is 1. The Morgan fingerprint density at radius 1 is 1.18 bits per heavy atom. The summed E-state index contributed by atoms with van der Waals surface area (Å²) in [6.07, 6.45) is -13.5. The van der Waals surface area contributed by atoms with Crippen LogP contribution in [0.25, 0.3) is 0 Å². The summed E-state index contributed by atoms with van der Waals surface area (Å²) in [7, 11) is -17.5. The SMILES string of the molecule is O=c1ccn([C@@H]2O[C@H](COP(=O)(O)OP(=O)(O)OP(=O)(O)O)C(O)C2(F)C(F)(F)F)c(=S)[nH]1. The normalized spacial score (nSPS) is 30.0. The lowest BCUT2D eigenvalue weighted by atomic mass is 9.95. The monoisotopic (exact) mass is 570 g/mol. The van der Waals surface area contributed by atoms with E-state index in [1.54, 1.807) is 0 Å². The molecule has 1 fully saturated rings. The van der Waals surface area contributed by atoms with Gasteiger partial charge in [0.15, 0.2) is 11.0 Å². The van der Waals surface area contributed by atoms with Crippen molar-refractivity contribution >= 4 is 35.7 Å². The van der Waals surface area contributed by atoms with Gasteiger partial charge in [-0.2, -0.15) is 21.8 Å². The molecule has 4 unspecified atom stereocenters. The second-order valence-corrected chi connectivity index (χ2v) is 10.9. The van der Waals surface area contributed by atoms with Gasteiger partial charge in [0, 0.05) is 12.3 Å². The summed E-state index contributed by atoms with van der Waals surface area (Å²) >= 11 is 4.65. The summed E-state index contributed by atoms with van der Waals surface area (Å²) in [6, 6.07) is 0.654. The Bertz CT molecular complexity index is 1150. The average Bonchev–Trinajstić information content (AvgIpc) is 2.82. The smallest absolute Gasteiger partial charge is 0.386 e. The van der Waals surface area contributed by atoms with Gasteiger partial charge in [-0.25, -0.2) is 18.1 Å². The highest BCUT2D eigenvalue weighted by molar-refractivity contribution is 7.71. The second kappa shape index (κ2) is 9.31. The third kappa shape index (κ3) is 6.64. The van der Waals surface area contributed by atoms with Gasteiger partial charge in [-0.3, -0.25) is 18.9 Å². The zero-order chi connectivity index (χ0) is 25.6. The summed E-state index contributed by atoms with van der Waals surface area (Å²) in [6.45, 7) is -1.58. The number of hydrogen-bond acceptors (Lipinski definition) is 10. The van der Waals surface area contributed by atoms with Gasteiger partial charge in [-0.15, -0.1) is 0 Å². The van der Waals surface area contributed by atoms with Gasteiger partial charge in [-0.1, -0.05) is 0 Å². The van der Waals surface area contributed by atoms with E-state index in [0.717, 1.165) is 0 Å². The highest BCUT2D eigenvalue weighted by atomic mass is 32.1. The number of ether oxygens (including phenoxy) is 1. The van der Waals surface area contributed by atoms with Crippen LogP contribution in [0, 0.1) is 4.77 Å². The quantitative estimate of drug-likeness (QED) is 0.144. The Morgan fingerprint density at radius 2 is 1.76 bits per heavy atom. The van der Waals surface area contributed by atoms with Crippen molar-refractivity contribution in [2.24, 2.45) is 0 Å². The zero-order valence-electron chi connectivity index (χ0n) is 15.3. The minimum atomic E-state index is -5.95. The Balaban J connectivity index is 2.29. The summed E-state index contributed by atoms with van der Waals surface area (Å²) in [5.74, 6) is 0. The topological polar surface area (TPSA) is 227 Å². The molecule has 0 aliphatic carbocycles. The maximum Gasteiger partial charge on any atom is 0.490 e. The van der Waals surface area contributed by atoms with E-state index in [-0.39, 0.29) is 4.57 Å². The first-order valence-electron chi connectivity index (χ1n) is 7.87. The van der Waals surface area contributed by atoms with Crippen LogP contribution in [0.1, 0.15) is 6.23 Å². The molecule has 0 spiro atoms. The Labute approximate surface area is 184 Å². The van der Waals surface area contributed by atoms with E-state index in [4.69, 9.17) is 19.4 Å². The lowest BCUT2D eigenvalue weighted by Gasteiger charge is -2.31. The van der Waals surface area contributed by atoms with Crippen molar-refractivity contribution in [3.05, 3.63) is 27.4 Å². The van der Waals surface area contributed by atoms with Gasteiger partial charge in [0.2, 0.25) is 0 Å². The predicted octanol–water partition coefficient (Wildman–Crippen LogP) is 0.778. The third-order valence-electron chi connectivity index (χ3n) is 3.80. The number of aliphatic hydroxyl groups excluding tert-OH is 1. The summed E-state index contributed by atoms with van der Waals surface area (Å²) in [5.41, 5.74) is -5.47. The zero-order valence-corrected chi connectivity index (χ0v) is 18.8. The fourth-order valence-corrected chi connectivity index (χ4v) is 5.83. The van der Waals surface area contributed by atoms with Crippen LogP contribution < -0.4 is 5.56 Å². The molecule has 1 aliphatic rings. The van der Waals surface area contributed by atoms with Gasteiger partial charge >= 0.3 is 29.6 Å². The van der Waals surface area contributed by atoms with Crippen molar-refractivity contribution in [2.75, 3.05) is 6.61 Å². The molecule has 6 atom stereocenters. The molecule has 2 heterocycles. The van der Waals surface area contributed by atoms with Crippen LogP contribution in [0.2, 0.25) is 0 Å². The predicted molar refractivity (Wildman–Crippen MR) is 95.5 cm³/mol. The maximum atomic E-state index is 15.1. The molecular weight excluding hydrogens is 557 g/mol. The summed E-state index contributed by atoms with van der Waals surface area (Å²) in [4.78, 5) is 48.4. The average molecular weight is 570 g/mol. The van der Waals surface area contributed by atoms with Gasteiger partial charge < -0.3 is 29.4 Å². The van der Waals surface area contributed by atoms with E-state index in [1.807, 2.05) is 4.98 Å². The van der Waals surface area contributed by atoms with E-state index in [1.165, 1.54) is 0 Å².